The van der Waals surface area contributed by atoms with E-state index in [0.717, 1.165) is 12.1 Å². The smallest absolute Gasteiger partial charge is 0.287 e. The number of hydrogen-bond acceptors (Lipinski definition) is 8. The second-order valence-corrected chi connectivity index (χ2v) is 7.18. The van der Waals surface area contributed by atoms with Gasteiger partial charge >= 0.3 is 0 Å². The number of non-ortho nitro benzene ring substituents is 1. The highest BCUT2D eigenvalue weighted by atomic mass is 32.2. The Balaban J connectivity index is 3.64. The Bertz CT molecular complexity index is 656. The van der Waals surface area contributed by atoms with Gasteiger partial charge in [0.15, 0.2) is 0 Å². The first kappa shape index (κ1) is 20.1. The number of nitro groups is 2. The van der Waals surface area contributed by atoms with Gasteiger partial charge in [-0.1, -0.05) is 26.1 Å². The summed E-state index contributed by atoms with van der Waals surface area (Å²) < 4.78 is 1.57. The van der Waals surface area contributed by atoms with E-state index in [2.05, 4.69) is 0 Å². The van der Waals surface area contributed by atoms with E-state index in [0.29, 0.717) is 11.5 Å². The summed E-state index contributed by atoms with van der Waals surface area (Å²) in [4.78, 5) is 32.4. The zero-order valence-electron chi connectivity index (χ0n) is 12.8. The zero-order chi connectivity index (χ0) is 18.4. The van der Waals surface area contributed by atoms with E-state index in [1.807, 2.05) is 13.8 Å². The summed E-state index contributed by atoms with van der Waals surface area (Å²) in [7, 11) is 0. The number of primary amides is 1. The van der Waals surface area contributed by atoms with Crippen LogP contribution in [-0.2, 0) is 0 Å². The molecule has 0 bridgehead atoms. The van der Waals surface area contributed by atoms with Crippen molar-refractivity contribution in [2.75, 3.05) is 11.5 Å². The number of benzene rings is 1. The van der Waals surface area contributed by atoms with Gasteiger partial charge in [0.2, 0.25) is 5.91 Å². The second kappa shape index (κ2) is 8.80. The summed E-state index contributed by atoms with van der Waals surface area (Å²) in [5.74, 6) is 0.252. The fourth-order valence-corrected chi connectivity index (χ4v) is 4.11. The van der Waals surface area contributed by atoms with Crippen LogP contribution in [0.25, 0.3) is 0 Å². The minimum absolute atomic E-state index is 0.0177. The molecule has 0 aliphatic carbocycles. The van der Waals surface area contributed by atoms with Crippen molar-refractivity contribution in [1.29, 1.82) is 0 Å². The molecule has 0 atom stereocenters. The van der Waals surface area contributed by atoms with Crippen molar-refractivity contribution >= 4 is 58.4 Å². The Morgan fingerprint density at radius 2 is 1.75 bits per heavy atom. The molecule has 0 radical (unpaired) electrons. The van der Waals surface area contributed by atoms with Gasteiger partial charge in [-0.2, -0.15) is 0 Å². The van der Waals surface area contributed by atoms with E-state index in [1.165, 1.54) is 23.9 Å². The number of rotatable bonds is 8. The molecule has 0 heterocycles. The second-order valence-electron chi connectivity index (χ2n) is 4.16. The quantitative estimate of drug-likeness (QED) is 0.308. The summed E-state index contributed by atoms with van der Waals surface area (Å²) in [6.07, 6.45) is 0. The Morgan fingerprint density at radius 1 is 1.21 bits per heavy atom. The molecule has 0 aliphatic rings. The molecule has 0 aromatic heterocycles. The van der Waals surface area contributed by atoms with E-state index in [-0.39, 0.29) is 16.1 Å². The minimum Gasteiger partial charge on any atom is -0.366 e. The average molecular weight is 390 g/mol. The summed E-state index contributed by atoms with van der Waals surface area (Å²) in [5.41, 5.74) is 3.51. The van der Waals surface area contributed by atoms with Crippen LogP contribution >= 0.6 is 36.1 Å². The van der Waals surface area contributed by atoms with Crippen LogP contribution in [0.1, 0.15) is 29.8 Å². The number of nitrogens with two attached hydrogens (primary N) is 1. The van der Waals surface area contributed by atoms with E-state index in [9.17, 15) is 25.0 Å². The molecule has 0 fully saturated rings. The highest BCUT2D eigenvalue weighted by molar-refractivity contribution is 8.13. The molecule has 1 amide bonds. The van der Waals surface area contributed by atoms with Gasteiger partial charge in [0.1, 0.15) is 10.6 Å². The van der Waals surface area contributed by atoms with Crippen molar-refractivity contribution in [2.45, 2.75) is 13.8 Å². The summed E-state index contributed by atoms with van der Waals surface area (Å²) in [6.45, 7) is 3.74. The predicted molar refractivity (Wildman–Crippen MR) is 98.1 cm³/mol. The number of thiocarbonyl (C=S) groups is 1. The first-order valence-corrected chi connectivity index (χ1v) is 8.90. The fourth-order valence-electron chi connectivity index (χ4n) is 1.76. The van der Waals surface area contributed by atoms with E-state index < -0.39 is 27.1 Å². The van der Waals surface area contributed by atoms with E-state index in [1.54, 1.807) is 3.71 Å². The lowest BCUT2D eigenvalue weighted by atomic mass is 10.0. The number of nitrogens with zero attached hydrogens (tertiary/aromatic N) is 3. The largest absolute Gasteiger partial charge is 0.366 e. The Hall–Kier alpha value is -1.92. The van der Waals surface area contributed by atoms with Crippen LogP contribution in [0.3, 0.4) is 0 Å². The molecule has 0 saturated carbocycles. The molecule has 24 heavy (non-hydrogen) atoms. The molecular formula is C12H14N4O5S3. The van der Waals surface area contributed by atoms with Gasteiger partial charge in [-0.05, 0) is 23.9 Å². The SMILES string of the molecule is CCSN(SCC)C(=S)c1c(C(N)=O)cc([N+](=O)[O-])cc1[N+](=O)[O-]. The lowest BCUT2D eigenvalue weighted by Gasteiger charge is -2.22. The van der Waals surface area contributed by atoms with Gasteiger partial charge in [-0.3, -0.25) is 25.0 Å². The van der Waals surface area contributed by atoms with Gasteiger partial charge in [-0.15, -0.1) is 0 Å². The Kier molecular flexibility index (Phi) is 7.38. The molecule has 0 spiro atoms. The van der Waals surface area contributed by atoms with Crippen LogP contribution in [0.2, 0.25) is 0 Å². The fraction of sp³-hybridized carbons (Fsp3) is 0.333. The van der Waals surface area contributed by atoms with Gasteiger partial charge in [0.25, 0.3) is 11.4 Å². The summed E-state index contributed by atoms with van der Waals surface area (Å²) in [6, 6.07) is 1.68. The number of carbonyl (C=O) groups excluding carboxylic acids is 1. The molecule has 0 aliphatic heterocycles. The lowest BCUT2D eigenvalue weighted by molar-refractivity contribution is -0.394. The summed E-state index contributed by atoms with van der Waals surface area (Å²) >= 11 is 7.90. The van der Waals surface area contributed by atoms with Crippen LogP contribution in [0, 0.1) is 20.2 Å². The monoisotopic (exact) mass is 390 g/mol. The van der Waals surface area contributed by atoms with Crippen LogP contribution < -0.4 is 5.73 Å². The van der Waals surface area contributed by atoms with Crippen LogP contribution in [-0.4, -0.2) is 36.0 Å². The third kappa shape index (κ3) is 4.55. The molecule has 1 aromatic rings. The molecule has 2 N–H and O–H groups in total. The van der Waals surface area contributed by atoms with Crippen molar-refractivity contribution in [3.63, 3.8) is 0 Å². The highest BCUT2D eigenvalue weighted by Crippen LogP contribution is 2.34. The minimum atomic E-state index is -1.03. The van der Waals surface area contributed by atoms with Crippen molar-refractivity contribution < 1.29 is 14.6 Å². The average Bonchev–Trinajstić information content (AvgIpc) is 2.52. The van der Waals surface area contributed by atoms with Crippen LogP contribution in [0.5, 0.6) is 0 Å². The first-order chi connectivity index (χ1) is 11.2. The first-order valence-electron chi connectivity index (χ1n) is 6.61. The van der Waals surface area contributed by atoms with Gasteiger partial charge in [-0.25, -0.2) is 3.71 Å². The maximum atomic E-state index is 11.7. The molecule has 1 rings (SSSR count). The van der Waals surface area contributed by atoms with Gasteiger partial charge in [0, 0.05) is 17.6 Å². The van der Waals surface area contributed by atoms with Crippen LogP contribution in [0.15, 0.2) is 12.1 Å². The normalized spacial score (nSPS) is 10.2. The molecule has 12 heteroatoms. The van der Waals surface area contributed by atoms with Crippen molar-refractivity contribution in [2.24, 2.45) is 5.73 Å². The molecule has 0 saturated heterocycles. The highest BCUT2D eigenvalue weighted by Gasteiger charge is 2.31. The molecule has 0 unspecified atom stereocenters. The Labute approximate surface area is 151 Å². The van der Waals surface area contributed by atoms with Crippen molar-refractivity contribution in [3.8, 4) is 0 Å². The third-order valence-electron chi connectivity index (χ3n) is 2.65. The Morgan fingerprint density at radius 3 is 2.12 bits per heavy atom. The zero-order valence-corrected chi connectivity index (χ0v) is 15.2. The predicted octanol–water partition coefficient (Wildman–Crippen LogP) is 2.92. The molecule has 9 nitrogen and oxygen atoms in total. The maximum absolute atomic E-state index is 11.7. The number of carbonyl (C=O) groups is 1. The summed E-state index contributed by atoms with van der Waals surface area (Å²) in [5, 5.41) is 22.3. The van der Waals surface area contributed by atoms with Gasteiger partial charge in [0.05, 0.1) is 21.5 Å². The topological polar surface area (TPSA) is 133 Å². The standard InChI is InChI=1S/C12H14N4O5S3/c1-3-23-16(24-4-2)12(22)10-8(11(13)17)5-7(14(18)19)6-9(10)15(20)21/h5-6H,3-4H2,1-2H3,(H2,13,17). The lowest BCUT2D eigenvalue weighted by Crippen LogP contribution is -2.24. The maximum Gasteiger partial charge on any atom is 0.287 e. The molecular weight excluding hydrogens is 376 g/mol. The molecule has 1 aromatic carbocycles. The van der Waals surface area contributed by atoms with Crippen LogP contribution in [0.4, 0.5) is 11.4 Å². The van der Waals surface area contributed by atoms with E-state index in [4.69, 9.17) is 18.0 Å². The number of hydrogen-bond donors (Lipinski definition) is 1. The third-order valence-corrected chi connectivity index (χ3v) is 5.25. The molecule has 130 valence electrons. The van der Waals surface area contributed by atoms with Crippen molar-refractivity contribution in [3.05, 3.63) is 43.5 Å². The number of amides is 1. The van der Waals surface area contributed by atoms with Gasteiger partial charge < -0.3 is 5.73 Å². The van der Waals surface area contributed by atoms with Crippen molar-refractivity contribution in [1.82, 2.24) is 3.71 Å². The van der Waals surface area contributed by atoms with E-state index >= 15 is 0 Å². The number of nitro benzene ring substituents is 2.